The van der Waals surface area contributed by atoms with E-state index in [1.54, 1.807) is 0 Å². The molecule has 0 radical (unpaired) electrons. The molecule has 0 nitrogen and oxygen atoms in total. The maximum Gasteiger partial charge on any atom is 0.0740 e. The molecule has 0 aliphatic heterocycles. The number of benzene rings is 8. The third-order valence-electron chi connectivity index (χ3n) is 11.3. The van der Waals surface area contributed by atoms with Crippen molar-refractivity contribution in [2.24, 2.45) is 0 Å². The Morgan fingerprint density at radius 2 is 0.900 bits per heavy atom. The summed E-state index contributed by atoms with van der Waals surface area (Å²) in [6.45, 7) is 4.41. The summed E-state index contributed by atoms with van der Waals surface area (Å²) in [7, 11) is 0. The molecule has 11 rings (SSSR count). The van der Waals surface area contributed by atoms with Crippen LogP contribution in [0.2, 0.25) is 0 Å². The van der Waals surface area contributed by atoms with E-state index in [2.05, 4.69) is 172 Å². The number of rotatable bonds is 2. The zero-order valence-corrected chi connectivity index (χ0v) is 28.7. The minimum Gasteiger partial charge on any atom is -0.135 e. The summed E-state index contributed by atoms with van der Waals surface area (Å²) >= 11 is 1.94. The topological polar surface area (TPSA) is 0 Å². The molecule has 0 amide bonds. The van der Waals surface area contributed by atoms with E-state index in [1.807, 2.05) is 11.3 Å². The Kier molecular flexibility index (Phi) is 5.70. The molecule has 1 heteroatoms. The Hall–Kier alpha value is -5.76. The monoisotopic (exact) mass is 652 g/mol. The Labute approximate surface area is 295 Å². The largest absolute Gasteiger partial charge is 0.135 e. The van der Waals surface area contributed by atoms with E-state index < -0.39 is 5.41 Å². The summed E-state index contributed by atoms with van der Waals surface area (Å²) in [5.74, 6) is 0. The van der Waals surface area contributed by atoms with Gasteiger partial charge in [-0.2, -0.15) is 0 Å². The Morgan fingerprint density at radius 1 is 0.400 bits per heavy atom. The van der Waals surface area contributed by atoms with Gasteiger partial charge in [-0.15, -0.1) is 11.3 Å². The number of hydrogen-bond acceptors (Lipinski definition) is 1. The van der Waals surface area contributed by atoms with Gasteiger partial charge >= 0.3 is 0 Å². The second-order valence-corrected chi connectivity index (χ2v) is 15.1. The van der Waals surface area contributed by atoms with Crippen LogP contribution < -0.4 is 0 Å². The van der Waals surface area contributed by atoms with Crippen LogP contribution in [-0.2, 0) is 5.41 Å². The van der Waals surface area contributed by atoms with Crippen molar-refractivity contribution in [2.45, 2.75) is 19.3 Å². The lowest BCUT2D eigenvalue weighted by Crippen LogP contribution is -2.25. The fourth-order valence-electron chi connectivity index (χ4n) is 9.69. The molecule has 0 fully saturated rings. The minimum absolute atomic E-state index is 0.391. The van der Waals surface area contributed by atoms with Gasteiger partial charge in [0, 0.05) is 9.58 Å². The smallest absolute Gasteiger partial charge is 0.0740 e. The first-order chi connectivity index (χ1) is 24.6. The molecule has 1 spiro atoms. The Morgan fingerprint density at radius 3 is 1.58 bits per heavy atom. The van der Waals surface area contributed by atoms with Crippen LogP contribution in [0.5, 0.6) is 0 Å². The lowest BCUT2D eigenvalue weighted by atomic mass is 9.70. The van der Waals surface area contributed by atoms with E-state index in [0.29, 0.717) is 0 Å². The molecule has 1 heterocycles. The predicted molar refractivity (Wildman–Crippen MR) is 213 cm³/mol. The molecule has 0 N–H and O–H groups in total. The van der Waals surface area contributed by atoms with Crippen molar-refractivity contribution in [3.63, 3.8) is 0 Å². The molecule has 2 aliphatic carbocycles. The van der Waals surface area contributed by atoms with Crippen LogP contribution >= 0.6 is 11.3 Å². The molecule has 0 saturated heterocycles. The maximum atomic E-state index is 2.42. The molecule has 8 aromatic carbocycles. The minimum atomic E-state index is -0.391. The summed E-state index contributed by atoms with van der Waals surface area (Å²) < 4.78 is 1.35. The van der Waals surface area contributed by atoms with Crippen LogP contribution in [0.15, 0.2) is 158 Å². The van der Waals surface area contributed by atoms with Gasteiger partial charge in [0.25, 0.3) is 0 Å². The van der Waals surface area contributed by atoms with Gasteiger partial charge in [0.15, 0.2) is 0 Å². The average molecular weight is 653 g/mol. The third kappa shape index (κ3) is 3.50. The first-order valence-electron chi connectivity index (χ1n) is 17.5. The quantitative estimate of drug-likeness (QED) is 0.163. The van der Waals surface area contributed by atoms with Crippen LogP contribution in [0, 0.1) is 13.8 Å². The van der Waals surface area contributed by atoms with E-state index in [4.69, 9.17) is 0 Å². The van der Waals surface area contributed by atoms with E-state index in [9.17, 15) is 0 Å². The highest BCUT2D eigenvalue weighted by atomic mass is 32.1. The Balaban J connectivity index is 1.30. The normalized spacial score (nSPS) is 15.5. The van der Waals surface area contributed by atoms with Crippen LogP contribution in [0.25, 0.3) is 75.5 Å². The molecular formula is C49H32S. The molecule has 0 bridgehead atoms. The molecule has 1 atom stereocenters. The van der Waals surface area contributed by atoms with Crippen molar-refractivity contribution in [3.05, 3.63) is 191 Å². The molecular weight excluding hydrogens is 621 g/mol. The maximum absolute atomic E-state index is 2.42. The van der Waals surface area contributed by atoms with Gasteiger partial charge < -0.3 is 0 Å². The number of thiophene rings is 1. The molecule has 234 valence electrons. The SMILES string of the molecule is Cc1cc(C)cc(-c2c3ccccc3c(-c3cccc4c3-c3ccccc3C43c4ccccc4-c4sc5ccccc5c43)c3ccccc23)c1. The Bertz CT molecular complexity index is 2820. The standard InChI is InChI=1S/C49H32S/c1-29-26-30(2)28-31(27-29)44-32-14-3-5-16-34(32)45(35-17-6-4-15-33(35)44)39-21-13-24-42-46(39)36-18-7-10-22-40(36)49(42)41-23-11-8-19-37(41)48-47(49)38-20-9-12-25-43(38)50-48/h3-28H,1-2H3. The van der Waals surface area contributed by atoms with Gasteiger partial charge in [-0.05, 0) is 108 Å². The average Bonchev–Trinajstić information content (AvgIpc) is 3.77. The van der Waals surface area contributed by atoms with E-state index >= 15 is 0 Å². The second kappa shape index (κ2) is 10.1. The van der Waals surface area contributed by atoms with Crippen LogP contribution in [0.1, 0.15) is 33.4 Å². The van der Waals surface area contributed by atoms with Crippen LogP contribution in [0.4, 0.5) is 0 Å². The summed E-state index contributed by atoms with van der Waals surface area (Å²) in [4.78, 5) is 1.41. The van der Waals surface area contributed by atoms with Crippen LogP contribution in [-0.4, -0.2) is 0 Å². The van der Waals surface area contributed by atoms with Gasteiger partial charge in [0.2, 0.25) is 0 Å². The molecule has 1 aromatic heterocycles. The molecule has 50 heavy (non-hydrogen) atoms. The molecule has 2 aliphatic rings. The number of hydrogen-bond donors (Lipinski definition) is 0. The zero-order chi connectivity index (χ0) is 33.1. The second-order valence-electron chi connectivity index (χ2n) is 14.1. The van der Waals surface area contributed by atoms with Gasteiger partial charge in [-0.3, -0.25) is 0 Å². The fourth-order valence-corrected chi connectivity index (χ4v) is 11.0. The van der Waals surface area contributed by atoms with E-state index in [1.165, 1.54) is 109 Å². The summed E-state index contributed by atoms with van der Waals surface area (Å²) in [6, 6.07) is 59.7. The van der Waals surface area contributed by atoms with Gasteiger partial charge in [0.1, 0.15) is 0 Å². The predicted octanol–water partition coefficient (Wildman–Crippen LogP) is 13.5. The van der Waals surface area contributed by atoms with Gasteiger partial charge in [0.05, 0.1) is 5.41 Å². The highest BCUT2D eigenvalue weighted by Gasteiger charge is 2.53. The fraction of sp³-hybridized carbons (Fsp3) is 0.0612. The molecule has 0 saturated carbocycles. The number of fused-ring (bicyclic) bond motifs is 14. The van der Waals surface area contributed by atoms with Crippen molar-refractivity contribution in [1.82, 2.24) is 0 Å². The van der Waals surface area contributed by atoms with Crippen molar-refractivity contribution < 1.29 is 0 Å². The number of aryl methyl sites for hydroxylation is 2. The first-order valence-corrected chi connectivity index (χ1v) is 18.3. The van der Waals surface area contributed by atoms with Gasteiger partial charge in [-0.25, -0.2) is 0 Å². The van der Waals surface area contributed by atoms with E-state index in [0.717, 1.165) is 0 Å². The van der Waals surface area contributed by atoms with Crippen molar-refractivity contribution in [1.29, 1.82) is 0 Å². The van der Waals surface area contributed by atoms with Crippen molar-refractivity contribution in [2.75, 3.05) is 0 Å². The first kappa shape index (κ1) is 28.1. The summed E-state index contributed by atoms with van der Waals surface area (Å²) in [6.07, 6.45) is 0. The lowest BCUT2D eigenvalue weighted by Gasteiger charge is -2.30. The summed E-state index contributed by atoms with van der Waals surface area (Å²) in [5.41, 5.74) is 17.1. The summed E-state index contributed by atoms with van der Waals surface area (Å²) in [5, 5.41) is 6.54. The highest BCUT2D eigenvalue weighted by Crippen LogP contribution is 2.67. The molecule has 1 unspecified atom stereocenters. The van der Waals surface area contributed by atoms with Crippen LogP contribution in [0.3, 0.4) is 0 Å². The van der Waals surface area contributed by atoms with Crippen molar-refractivity contribution in [3.8, 4) is 43.8 Å². The lowest BCUT2D eigenvalue weighted by molar-refractivity contribution is 0.803. The van der Waals surface area contributed by atoms with Crippen molar-refractivity contribution >= 4 is 43.0 Å². The van der Waals surface area contributed by atoms with Gasteiger partial charge in [-0.1, -0.05) is 163 Å². The third-order valence-corrected chi connectivity index (χ3v) is 12.5. The molecule has 9 aromatic rings. The van der Waals surface area contributed by atoms with E-state index in [-0.39, 0.29) is 0 Å². The zero-order valence-electron chi connectivity index (χ0n) is 27.9. The highest BCUT2D eigenvalue weighted by molar-refractivity contribution is 7.22.